The quantitative estimate of drug-likeness (QED) is 0.476. The Morgan fingerprint density at radius 1 is 0.793 bits per heavy atom. The number of carbonyl (C=O) groups excluding carboxylic acids is 1. The predicted octanol–water partition coefficient (Wildman–Crippen LogP) is 5.73. The van der Waals surface area contributed by atoms with Gasteiger partial charge in [-0.2, -0.15) is 0 Å². The molecule has 0 saturated heterocycles. The zero-order valence-corrected chi connectivity index (χ0v) is 17.3. The molecule has 0 saturated carbocycles. The second kappa shape index (κ2) is 10.5. The molecule has 29 heavy (non-hydrogen) atoms. The first-order valence-electron chi connectivity index (χ1n) is 10.3. The molecule has 0 radical (unpaired) electrons. The van der Waals surface area contributed by atoms with Crippen molar-refractivity contribution in [1.82, 2.24) is 5.32 Å². The van der Waals surface area contributed by atoms with Crippen LogP contribution in [-0.4, -0.2) is 12.6 Å². The maximum atomic E-state index is 12.5. The number of hydrogen-bond donors (Lipinski definition) is 1. The molecule has 0 spiro atoms. The van der Waals surface area contributed by atoms with Crippen LogP contribution in [0.15, 0.2) is 84.9 Å². The number of rotatable bonds is 9. The van der Waals surface area contributed by atoms with E-state index in [1.165, 1.54) is 11.1 Å². The number of hydrogen-bond acceptors (Lipinski definition) is 2. The van der Waals surface area contributed by atoms with Crippen molar-refractivity contribution in [3.05, 3.63) is 96.1 Å². The maximum absolute atomic E-state index is 12.5. The third kappa shape index (κ3) is 6.49. The average molecular weight is 387 g/mol. The second-order valence-electron chi connectivity index (χ2n) is 7.77. The van der Waals surface area contributed by atoms with Crippen molar-refractivity contribution in [3.63, 3.8) is 0 Å². The highest BCUT2D eigenvalue weighted by molar-refractivity contribution is 5.77. The first-order chi connectivity index (χ1) is 14.1. The molecular weight excluding hydrogens is 356 g/mol. The van der Waals surface area contributed by atoms with Crippen molar-refractivity contribution in [2.24, 2.45) is 5.92 Å². The Bertz CT molecular complexity index is 834. The minimum atomic E-state index is 0.0631. The minimum Gasteiger partial charge on any atom is -0.338 e. The highest BCUT2D eigenvalue weighted by Crippen LogP contribution is 2.23. The summed E-state index contributed by atoms with van der Waals surface area (Å²) in [5.41, 5.74) is 4.67. The molecule has 3 aromatic rings. The van der Waals surface area contributed by atoms with E-state index < -0.39 is 0 Å². The molecule has 1 amide bonds. The Balaban J connectivity index is 1.55. The van der Waals surface area contributed by atoms with E-state index in [0.717, 1.165) is 24.2 Å². The molecule has 0 atom stereocenters. The lowest BCUT2D eigenvalue weighted by atomic mass is 10.0. The summed E-state index contributed by atoms with van der Waals surface area (Å²) in [5, 5.41) is 3.07. The zero-order valence-electron chi connectivity index (χ0n) is 17.3. The van der Waals surface area contributed by atoms with Gasteiger partial charge < -0.3 is 10.2 Å². The SMILES string of the molecule is CC(C)Cc1ccc(CCC(=O)NCN(c2ccccc2)c2ccccc2)cc1. The van der Waals surface area contributed by atoms with Crippen molar-refractivity contribution < 1.29 is 4.79 Å². The summed E-state index contributed by atoms with van der Waals surface area (Å²) in [6.07, 6.45) is 2.33. The smallest absolute Gasteiger partial charge is 0.221 e. The van der Waals surface area contributed by atoms with Gasteiger partial charge in [0, 0.05) is 17.8 Å². The second-order valence-corrected chi connectivity index (χ2v) is 7.77. The summed E-state index contributed by atoms with van der Waals surface area (Å²) in [7, 11) is 0. The molecular formula is C26H30N2O. The van der Waals surface area contributed by atoms with E-state index in [2.05, 4.69) is 72.6 Å². The van der Waals surface area contributed by atoms with Gasteiger partial charge in [-0.3, -0.25) is 4.79 Å². The number of carbonyl (C=O) groups is 1. The van der Waals surface area contributed by atoms with Crippen LogP contribution in [0.5, 0.6) is 0 Å². The highest BCUT2D eigenvalue weighted by Gasteiger charge is 2.10. The van der Waals surface area contributed by atoms with Crippen molar-refractivity contribution in [2.45, 2.75) is 33.1 Å². The molecule has 0 fully saturated rings. The van der Waals surface area contributed by atoms with Gasteiger partial charge in [0.15, 0.2) is 0 Å². The molecule has 0 unspecified atom stereocenters. The lowest BCUT2D eigenvalue weighted by Crippen LogP contribution is -2.35. The topological polar surface area (TPSA) is 32.3 Å². The molecule has 150 valence electrons. The van der Waals surface area contributed by atoms with E-state index in [-0.39, 0.29) is 5.91 Å². The molecule has 0 bridgehead atoms. The molecule has 0 aliphatic heterocycles. The molecule has 0 aliphatic carbocycles. The van der Waals surface area contributed by atoms with Gasteiger partial charge >= 0.3 is 0 Å². The Kier molecular flexibility index (Phi) is 7.46. The van der Waals surface area contributed by atoms with Crippen molar-refractivity contribution >= 4 is 17.3 Å². The molecule has 3 aromatic carbocycles. The fourth-order valence-electron chi connectivity index (χ4n) is 3.37. The van der Waals surface area contributed by atoms with Crippen LogP contribution in [0.3, 0.4) is 0 Å². The van der Waals surface area contributed by atoms with Crippen LogP contribution in [0.1, 0.15) is 31.4 Å². The summed E-state index contributed by atoms with van der Waals surface area (Å²) in [4.78, 5) is 14.6. The Morgan fingerprint density at radius 3 is 1.83 bits per heavy atom. The largest absolute Gasteiger partial charge is 0.338 e. The lowest BCUT2D eigenvalue weighted by Gasteiger charge is -2.25. The minimum absolute atomic E-state index is 0.0631. The summed E-state index contributed by atoms with van der Waals surface area (Å²) in [5.74, 6) is 0.719. The fourth-order valence-corrected chi connectivity index (χ4v) is 3.37. The van der Waals surface area contributed by atoms with Gasteiger partial charge in [0.05, 0.1) is 6.67 Å². The molecule has 3 heteroatoms. The van der Waals surface area contributed by atoms with E-state index in [0.29, 0.717) is 19.0 Å². The summed E-state index contributed by atoms with van der Waals surface area (Å²) in [6.45, 7) is 4.90. The van der Waals surface area contributed by atoms with Crippen LogP contribution in [-0.2, 0) is 17.6 Å². The zero-order chi connectivity index (χ0) is 20.5. The number of amides is 1. The summed E-state index contributed by atoms with van der Waals surface area (Å²) >= 11 is 0. The van der Waals surface area contributed by atoms with Gasteiger partial charge in [0.25, 0.3) is 0 Å². The Labute approximate surface area is 174 Å². The lowest BCUT2D eigenvalue weighted by molar-refractivity contribution is -0.121. The van der Waals surface area contributed by atoms with Crippen LogP contribution < -0.4 is 10.2 Å². The van der Waals surface area contributed by atoms with E-state index >= 15 is 0 Å². The van der Waals surface area contributed by atoms with Gasteiger partial charge in [-0.15, -0.1) is 0 Å². The first kappa shape index (κ1) is 20.7. The van der Waals surface area contributed by atoms with Crippen LogP contribution in [0, 0.1) is 5.92 Å². The van der Waals surface area contributed by atoms with Gasteiger partial charge in [0.2, 0.25) is 5.91 Å². The summed E-state index contributed by atoms with van der Waals surface area (Å²) in [6, 6.07) is 28.9. The number of nitrogens with zero attached hydrogens (tertiary/aromatic N) is 1. The normalized spacial score (nSPS) is 10.7. The van der Waals surface area contributed by atoms with E-state index in [1.807, 2.05) is 36.4 Å². The Hall–Kier alpha value is -3.07. The van der Waals surface area contributed by atoms with Crippen LogP contribution in [0.2, 0.25) is 0 Å². The molecule has 3 nitrogen and oxygen atoms in total. The third-order valence-corrected chi connectivity index (χ3v) is 4.88. The van der Waals surface area contributed by atoms with Gasteiger partial charge in [0.1, 0.15) is 0 Å². The summed E-state index contributed by atoms with van der Waals surface area (Å²) < 4.78 is 0. The van der Waals surface area contributed by atoms with Crippen LogP contribution in [0.25, 0.3) is 0 Å². The standard InChI is InChI=1S/C26H30N2O/c1-21(2)19-23-15-13-22(14-16-23)17-18-26(29)27-20-28(24-9-5-3-6-10-24)25-11-7-4-8-12-25/h3-16,21H,17-20H2,1-2H3,(H,27,29). The number of aryl methyl sites for hydroxylation is 1. The monoisotopic (exact) mass is 386 g/mol. The van der Waals surface area contributed by atoms with Gasteiger partial charge in [-0.1, -0.05) is 74.5 Å². The molecule has 1 N–H and O–H groups in total. The van der Waals surface area contributed by atoms with E-state index in [9.17, 15) is 4.79 Å². The van der Waals surface area contributed by atoms with Crippen LogP contribution in [0.4, 0.5) is 11.4 Å². The third-order valence-electron chi connectivity index (χ3n) is 4.88. The van der Waals surface area contributed by atoms with Gasteiger partial charge in [-0.25, -0.2) is 0 Å². The van der Waals surface area contributed by atoms with E-state index in [4.69, 9.17) is 0 Å². The van der Waals surface area contributed by atoms with E-state index in [1.54, 1.807) is 0 Å². The first-order valence-corrected chi connectivity index (χ1v) is 10.3. The van der Waals surface area contributed by atoms with Gasteiger partial charge in [-0.05, 0) is 54.2 Å². The van der Waals surface area contributed by atoms with Crippen molar-refractivity contribution in [3.8, 4) is 0 Å². The highest BCUT2D eigenvalue weighted by atomic mass is 16.1. The van der Waals surface area contributed by atoms with Crippen molar-refractivity contribution in [1.29, 1.82) is 0 Å². The molecule has 0 heterocycles. The Morgan fingerprint density at radius 2 is 1.31 bits per heavy atom. The number of nitrogens with one attached hydrogen (secondary N) is 1. The van der Waals surface area contributed by atoms with Crippen molar-refractivity contribution in [2.75, 3.05) is 11.6 Å². The molecule has 0 aliphatic rings. The number of benzene rings is 3. The number of anilines is 2. The molecule has 0 aromatic heterocycles. The molecule has 3 rings (SSSR count). The van der Waals surface area contributed by atoms with Crippen LogP contribution >= 0.6 is 0 Å². The number of para-hydroxylation sites is 2. The fraction of sp³-hybridized carbons (Fsp3) is 0.269. The average Bonchev–Trinajstić information content (AvgIpc) is 2.74. The predicted molar refractivity (Wildman–Crippen MR) is 121 cm³/mol. The maximum Gasteiger partial charge on any atom is 0.221 e.